The number of rotatable bonds is 7. The van der Waals surface area contributed by atoms with Gasteiger partial charge in [-0.1, -0.05) is 60.7 Å². The van der Waals surface area contributed by atoms with Crippen molar-refractivity contribution in [2.75, 3.05) is 14.2 Å². The number of methoxy groups -OCH3 is 2. The molecule has 6 heteroatoms. The van der Waals surface area contributed by atoms with E-state index in [1.54, 1.807) is 12.1 Å². The summed E-state index contributed by atoms with van der Waals surface area (Å²) in [6.45, 7) is 0. The first-order valence-electron chi connectivity index (χ1n) is 8.86. The molecule has 0 unspecified atom stereocenters. The summed E-state index contributed by atoms with van der Waals surface area (Å²) in [6, 6.07) is 22.6. The minimum absolute atomic E-state index is 0.0354. The van der Waals surface area contributed by atoms with Crippen LogP contribution in [0.15, 0.2) is 83.0 Å². The Labute approximate surface area is 168 Å². The third-order valence-corrected chi connectivity index (χ3v) is 4.24. The molecule has 0 aliphatic carbocycles. The number of benzene rings is 3. The summed E-state index contributed by atoms with van der Waals surface area (Å²) < 4.78 is 10.4. The summed E-state index contributed by atoms with van der Waals surface area (Å²) in [4.78, 5) is 11.8. The van der Waals surface area contributed by atoms with Gasteiger partial charge in [0.05, 0.1) is 20.4 Å². The maximum absolute atomic E-state index is 11.8. The highest BCUT2D eigenvalue weighted by molar-refractivity contribution is 6.13. The minimum atomic E-state index is -1.14. The number of carbonyl (C=O) groups is 1. The molecule has 0 saturated heterocycles. The zero-order valence-electron chi connectivity index (χ0n) is 16.1. The smallest absolute Gasteiger partial charge is 0.340 e. The highest BCUT2D eigenvalue weighted by Crippen LogP contribution is 2.32. The van der Waals surface area contributed by atoms with Crippen LogP contribution in [0.3, 0.4) is 0 Å². The van der Waals surface area contributed by atoms with Gasteiger partial charge in [0.15, 0.2) is 11.5 Å². The third kappa shape index (κ3) is 4.50. The molecule has 6 nitrogen and oxygen atoms in total. The molecule has 0 bridgehead atoms. The van der Waals surface area contributed by atoms with Gasteiger partial charge in [0.1, 0.15) is 11.3 Å². The lowest BCUT2D eigenvalue weighted by molar-refractivity contribution is 0.0692. The van der Waals surface area contributed by atoms with Crippen LogP contribution in [0.5, 0.6) is 11.5 Å². The first-order chi connectivity index (χ1) is 14.2. The highest BCUT2D eigenvalue weighted by atomic mass is 16.5. The molecule has 3 aromatic rings. The van der Waals surface area contributed by atoms with E-state index >= 15 is 0 Å². The summed E-state index contributed by atoms with van der Waals surface area (Å²) in [5.74, 6) is -0.670. The van der Waals surface area contributed by atoms with Gasteiger partial charge in [-0.15, -0.1) is 5.10 Å². The van der Waals surface area contributed by atoms with Crippen LogP contribution < -0.4 is 9.47 Å². The third-order valence-electron chi connectivity index (χ3n) is 4.24. The second-order valence-corrected chi connectivity index (χ2v) is 6.00. The van der Waals surface area contributed by atoms with Crippen LogP contribution in [0, 0.1) is 0 Å². The van der Waals surface area contributed by atoms with Crippen molar-refractivity contribution in [2.45, 2.75) is 0 Å². The minimum Gasteiger partial charge on any atom is -0.493 e. The van der Waals surface area contributed by atoms with E-state index in [1.165, 1.54) is 20.4 Å². The maximum atomic E-state index is 11.8. The maximum Gasteiger partial charge on any atom is 0.340 e. The number of hydrogen-bond acceptors (Lipinski definition) is 5. The van der Waals surface area contributed by atoms with Crippen LogP contribution in [0.1, 0.15) is 27.0 Å². The summed E-state index contributed by atoms with van der Waals surface area (Å²) in [5, 5.41) is 18.2. The van der Waals surface area contributed by atoms with Crippen molar-refractivity contribution in [2.24, 2.45) is 10.2 Å². The number of carboxylic acid groups (broad SMARTS) is 1. The molecule has 3 rings (SSSR count). The largest absolute Gasteiger partial charge is 0.493 e. The van der Waals surface area contributed by atoms with Crippen LogP contribution >= 0.6 is 0 Å². The van der Waals surface area contributed by atoms with Crippen molar-refractivity contribution in [3.8, 4) is 11.5 Å². The molecule has 0 radical (unpaired) electrons. The number of ether oxygens (including phenoxy) is 2. The van der Waals surface area contributed by atoms with Gasteiger partial charge in [-0.2, -0.15) is 5.10 Å². The second-order valence-electron chi connectivity index (χ2n) is 6.00. The lowest BCUT2D eigenvalue weighted by Crippen LogP contribution is -2.07. The topological polar surface area (TPSA) is 80.5 Å². The van der Waals surface area contributed by atoms with E-state index in [1.807, 2.05) is 60.7 Å². The molecule has 3 aromatic carbocycles. The average molecular weight is 388 g/mol. The predicted octanol–water partition coefficient (Wildman–Crippen LogP) is 4.27. The molecule has 29 heavy (non-hydrogen) atoms. The van der Waals surface area contributed by atoms with E-state index in [-0.39, 0.29) is 11.3 Å². The average Bonchev–Trinajstić information content (AvgIpc) is 2.77. The Morgan fingerprint density at radius 1 is 0.862 bits per heavy atom. The lowest BCUT2D eigenvalue weighted by atomic mass is 10.0. The first-order valence-corrected chi connectivity index (χ1v) is 8.86. The molecule has 0 aromatic heterocycles. The normalized spacial score (nSPS) is 10.6. The van der Waals surface area contributed by atoms with Crippen LogP contribution in [0.2, 0.25) is 0 Å². The van der Waals surface area contributed by atoms with Crippen LogP contribution in [0.25, 0.3) is 0 Å². The summed E-state index contributed by atoms with van der Waals surface area (Å²) in [6.07, 6.45) is 1.40. The van der Waals surface area contributed by atoms with Crippen molar-refractivity contribution >= 4 is 17.9 Å². The Kier molecular flexibility index (Phi) is 6.37. The van der Waals surface area contributed by atoms with E-state index in [4.69, 9.17) is 9.47 Å². The molecular formula is C23H20N2O4. The van der Waals surface area contributed by atoms with Gasteiger partial charge < -0.3 is 14.6 Å². The summed E-state index contributed by atoms with van der Waals surface area (Å²) in [5.41, 5.74) is 2.81. The molecule has 1 N–H and O–H groups in total. The Balaban J connectivity index is 2.05. The van der Waals surface area contributed by atoms with E-state index in [2.05, 4.69) is 10.2 Å². The van der Waals surface area contributed by atoms with Crippen molar-refractivity contribution in [1.29, 1.82) is 0 Å². The Morgan fingerprint density at radius 2 is 1.45 bits per heavy atom. The monoisotopic (exact) mass is 388 g/mol. The Morgan fingerprint density at radius 3 is 1.93 bits per heavy atom. The first kappa shape index (κ1) is 19.8. The zero-order valence-corrected chi connectivity index (χ0v) is 16.1. The number of aromatic carboxylic acids is 1. The van der Waals surface area contributed by atoms with Gasteiger partial charge in [-0.05, 0) is 12.1 Å². The molecule has 146 valence electrons. The fraction of sp³-hybridized carbons (Fsp3) is 0.0870. The summed E-state index contributed by atoms with van der Waals surface area (Å²) >= 11 is 0. The van der Waals surface area contributed by atoms with Gasteiger partial charge in [0.2, 0.25) is 0 Å². The molecule has 0 atom stereocenters. The van der Waals surface area contributed by atoms with Crippen LogP contribution in [0.4, 0.5) is 0 Å². The Hall–Kier alpha value is -3.93. The van der Waals surface area contributed by atoms with Crippen LogP contribution in [-0.2, 0) is 0 Å². The van der Waals surface area contributed by atoms with Gasteiger partial charge in [0, 0.05) is 16.7 Å². The van der Waals surface area contributed by atoms with Crippen molar-refractivity contribution < 1.29 is 19.4 Å². The molecular weight excluding hydrogens is 368 g/mol. The van der Waals surface area contributed by atoms with E-state index in [9.17, 15) is 9.90 Å². The summed E-state index contributed by atoms with van der Waals surface area (Å²) in [7, 11) is 2.85. The molecule has 0 saturated carbocycles. The number of hydrogen-bond donors (Lipinski definition) is 1. The quantitative estimate of drug-likeness (QED) is 0.484. The van der Waals surface area contributed by atoms with E-state index in [0.29, 0.717) is 17.0 Å². The molecule has 0 fully saturated rings. The molecule has 0 heterocycles. The van der Waals surface area contributed by atoms with Crippen molar-refractivity contribution in [3.05, 3.63) is 95.1 Å². The SMILES string of the molecule is COc1ccc(/C=N\N=C(c2ccccc2)c2ccccc2)c(C(=O)O)c1OC. The van der Waals surface area contributed by atoms with Crippen molar-refractivity contribution in [3.63, 3.8) is 0 Å². The molecule has 0 aliphatic heterocycles. The fourth-order valence-electron chi connectivity index (χ4n) is 2.89. The second kappa shape index (κ2) is 9.32. The van der Waals surface area contributed by atoms with E-state index < -0.39 is 5.97 Å². The number of nitrogens with zero attached hydrogens (tertiary/aromatic N) is 2. The zero-order chi connectivity index (χ0) is 20.6. The fourth-order valence-corrected chi connectivity index (χ4v) is 2.89. The van der Waals surface area contributed by atoms with Gasteiger partial charge in [-0.25, -0.2) is 4.79 Å². The molecule has 0 spiro atoms. The van der Waals surface area contributed by atoms with Gasteiger partial charge >= 0.3 is 5.97 Å². The van der Waals surface area contributed by atoms with Crippen molar-refractivity contribution in [1.82, 2.24) is 0 Å². The van der Waals surface area contributed by atoms with Crippen LogP contribution in [-0.4, -0.2) is 37.2 Å². The van der Waals surface area contributed by atoms with Gasteiger partial charge in [0.25, 0.3) is 0 Å². The lowest BCUT2D eigenvalue weighted by Gasteiger charge is -2.12. The number of carboxylic acids is 1. The van der Waals surface area contributed by atoms with E-state index in [0.717, 1.165) is 11.1 Å². The standard InChI is InChI=1S/C23H20N2O4/c1-28-19-14-13-18(20(23(26)27)22(19)29-2)15-24-25-21(16-9-5-3-6-10-16)17-11-7-4-8-12-17/h3-15H,1-2H3,(H,26,27)/b24-15-. The highest BCUT2D eigenvalue weighted by Gasteiger charge is 2.20. The predicted molar refractivity (Wildman–Crippen MR) is 113 cm³/mol. The molecule has 0 amide bonds. The molecule has 0 aliphatic rings. The van der Waals surface area contributed by atoms with Gasteiger partial charge in [-0.3, -0.25) is 0 Å². The Bertz CT molecular complexity index is 1000.